The van der Waals surface area contributed by atoms with E-state index in [4.69, 9.17) is 5.84 Å². The molecule has 0 aliphatic rings. The second kappa shape index (κ2) is 5.75. The predicted octanol–water partition coefficient (Wildman–Crippen LogP) is 3.13. The van der Waals surface area contributed by atoms with Crippen LogP contribution in [0.15, 0.2) is 58.0 Å². The maximum Gasteiger partial charge on any atom is 0.150 e. The smallest absolute Gasteiger partial charge is 0.150 e. The summed E-state index contributed by atoms with van der Waals surface area (Å²) in [5, 5.41) is 0. The van der Waals surface area contributed by atoms with Gasteiger partial charge in [-0.25, -0.2) is 15.2 Å². The van der Waals surface area contributed by atoms with Crippen molar-refractivity contribution in [3.63, 3.8) is 0 Å². The first kappa shape index (κ1) is 12.7. The number of hydrogen-bond acceptors (Lipinski definition) is 2. The molecule has 3 nitrogen and oxygen atoms in total. The maximum atomic E-state index is 13.8. The Balaban J connectivity index is 2.42. The molecule has 0 aromatic heterocycles. The first-order chi connectivity index (χ1) is 8.70. The highest BCUT2D eigenvalue weighted by molar-refractivity contribution is 9.10. The Labute approximate surface area is 113 Å². The van der Waals surface area contributed by atoms with Gasteiger partial charge in [0.05, 0.1) is 11.3 Å². The Bertz CT molecular complexity index is 570. The maximum absolute atomic E-state index is 13.8. The van der Waals surface area contributed by atoms with Crippen LogP contribution in [0.5, 0.6) is 0 Å². The number of benzene rings is 2. The summed E-state index contributed by atoms with van der Waals surface area (Å²) in [4.78, 5) is 4.26. The van der Waals surface area contributed by atoms with Crippen molar-refractivity contribution < 1.29 is 4.39 Å². The van der Waals surface area contributed by atoms with Crippen molar-refractivity contribution in [3.8, 4) is 0 Å². The number of rotatable bonds is 2. The molecule has 0 saturated carbocycles. The molecule has 0 aliphatic carbocycles. The molecule has 2 rings (SSSR count). The largest absolute Gasteiger partial charge is 0.308 e. The highest BCUT2D eigenvalue weighted by atomic mass is 79.9. The molecule has 0 heterocycles. The Hall–Kier alpha value is -1.72. The highest BCUT2D eigenvalue weighted by Crippen LogP contribution is 2.17. The van der Waals surface area contributed by atoms with E-state index < -0.39 is 5.82 Å². The van der Waals surface area contributed by atoms with Crippen LogP contribution in [0.25, 0.3) is 0 Å². The number of nitrogens with one attached hydrogen (secondary N) is 1. The summed E-state index contributed by atoms with van der Waals surface area (Å²) >= 11 is 3.20. The molecule has 18 heavy (non-hydrogen) atoms. The van der Waals surface area contributed by atoms with Crippen molar-refractivity contribution >= 4 is 27.5 Å². The summed E-state index contributed by atoms with van der Waals surface area (Å²) in [6.45, 7) is 0. The lowest BCUT2D eigenvalue weighted by Crippen LogP contribution is -2.31. The molecular formula is C13H11BrFN3. The molecule has 3 N–H and O–H groups in total. The zero-order valence-electron chi connectivity index (χ0n) is 9.40. The van der Waals surface area contributed by atoms with Crippen LogP contribution >= 0.6 is 15.9 Å². The van der Waals surface area contributed by atoms with Gasteiger partial charge in [-0.2, -0.15) is 0 Å². The fourth-order valence-electron chi connectivity index (χ4n) is 1.48. The molecule has 0 aliphatic heterocycles. The molecule has 92 valence electrons. The normalized spacial score (nSPS) is 11.4. The highest BCUT2D eigenvalue weighted by Gasteiger charge is 2.09. The monoisotopic (exact) mass is 307 g/mol. The van der Waals surface area contributed by atoms with Gasteiger partial charge in [0, 0.05) is 4.47 Å². The van der Waals surface area contributed by atoms with Gasteiger partial charge in [-0.3, -0.25) is 0 Å². The van der Waals surface area contributed by atoms with E-state index in [1.54, 1.807) is 12.1 Å². The van der Waals surface area contributed by atoms with Gasteiger partial charge in [0.1, 0.15) is 5.82 Å². The third-order valence-corrected chi connectivity index (χ3v) is 2.81. The van der Waals surface area contributed by atoms with Crippen molar-refractivity contribution in [1.29, 1.82) is 0 Å². The van der Waals surface area contributed by atoms with E-state index in [0.29, 0.717) is 15.7 Å². The molecule has 0 fully saturated rings. The topological polar surface area (TPSA) is 50.4 Å². The number of amidine groups is 1. The van der Waals surface area contributed by atoms with E-state index in [1.807, 2.05) is 30.3 Å². The Morgan fingerprint density at radius 1 is 1.17 bits per heavy atom. The number of hydrogen-bond donors (Lipinski definition) is 2. The van der Waals surface area contributed by atoms with Crippen molar-refractivity contribution in [3.05, 3.63) is 64.4 Å². The molecule has 2 aromatic carbocycles. The zero-order valence-corrected chi connectivity index (χ0v) is 11.0. The van der Waals surface area contributed by atoms with Crippen molar-refractivity contribution in [1.82, 2.24) is 5.43 Å². The standard InChI is InChI=1S/C13H11BrFN3/c14-9-6-7-11(12(15)8-9)13(18-16)17-10-4-2-1-3-5-10/h1-8H,16H2,(H,17,18). The first-order valence-electron chi connectivity index (χ1n) is 5.26. The van der Waals surface area contributed by atoms with Crippen LogP contribution in [0, 0.1) is 5.82 Å². The van der Waals surface area contributed by atoms with Crippen LogP contribution in [0.3, 0.4) is 0 Å². The summed E-state index contributed by atoms with van der Waals surface area (Å²) in [6, 6.07) is 13.9. The summed E-state index contributed by atoms with van der Waals surface area (Å²) in [7, 11) is 0. The van der Waals surface area contributed by atoms with E-state index in [1.165, 1.54) is 6.07 Å². The average Bonchev–Trinajstić information content (AvgIpc) is 2.38. The fraction of sp³-hybridized carbons (Fsp3) is 0. The number of hydrazine groups is 1. The number of nitrogens with zero attached hydrogens (tertiary/aromatic N) is 1. The van der Waals surface area contributed by atoms with Crippen molar-refractivity contribution in [2.75, 3.05) is 0 Å². The van der Waals surface area contributed by atoms with E-state index >= 15 is 0 Å². The Morgan fingerprint density at radius 3 is 2.50 bits per heavy atom. The van der Waals surface area contributed by atoms with Gasteiger partial charge in [0.15, 0.2) is 5.84 Å². The van der Waals surface area contributed by atoms with E-state index in [0.717, 1.165) is 0 Å². The van der Waals surface area contributed by atoms with Gasteiger partial charge in [0.2, 0.25) is 0 Å². The average molecular weight is 308 g/mol. The van der Waals surface area contributed by atoms with E-state index in [-0.39, 0.29) is 5.84 Å². The molecule has 0 amide bonds. The third-order valence-electron chi connectivity index (χ3n) is 2.32. The first-order valence-corrected chi connectivity index (χ1v) is 6.06. The lowest BCUT2D eigenvalue weighted by atomic mass is 10.2. The molecule has 0 radical (unpaired) electrons. The van der Waals surface area contributed by atoms with Crippen LogP contribution in [-0.4, -0.2) is 5.84 Å². The molecule has 2 aromatic rings. The van der Waals surface area contributed by atoms with Crippen LogP contribution in [0.4, 0.5) is 10.1 Å². The van der Waals surface area contributed by atoms with Crippen LogP contribution in [-0.2, 0) is 0 Å². The van der Waals surface area contributed by atoms with Gasteiger partial charge < -0.3 is 5.43 Å². The molecule has 0 saturated heterocycles. The molecule has 0 bridgehead atoms. The minimum atomic E-state index is -0.392. The van der Waals surface area contributed by atoms with Crippen LogP contribution in [0.2, 0.25) is 0 Å². The van der Waals surface area contributed by atoms with Gasteiger partial charge in [-0.1, -0.05) is 34.1 Å². The zero-order chi connectivity index (χ0) is 13.0. The molecule has 0 spiro atoms. The summed E-state index contributed by atoms with van der Waals surface area (Å²) in [6.07, 6.45) is 0. The van der Waals surface area contributed by atoms with Crippen LogP contribution < -0.4 is 11.3 Å². The SMILES string of the molecule is NNC(=Nc1ccccc1)c1ccc(Br)cc1F. The van der Waals surface area contributed by atoms with Gasteiger partial charge in [-0.15, -0.1) is 0 Å². The summed E-state index contributed by atoms with van der Waals surface area (Å²) in [5.74, 6) is 5.29. The summed E-state index contributed by atoms with van der Waals surface area (Å²) < 4.78 is 14.5. The van der Waals surface area contributed by atoms with Gasteiger partial charge in [0.25, 0.3) is 0 Å². The number of halogens is 2. The second-order valence-electron chi connectivity index (χ2n) is 3.56. The Kier molecular flexibility index (Phi) is 4.07. The molecular weight excluding hydrogens is 297 g/mol. The van der Waals surface area contributed by atoms with Crippen molar-refractivity contribution in [2.24, 2.45) is 10.8 Å². The minimum absolute atomic E-state index is 0.284. The minimum Gasteiger partial charge on any atom is -0.308 e. The lowest BCUT2D eigenvalue weighted by molar-refractivity contribution is 0.623. The Morgan fingerprint density at radius 2 is 1.89 bits per heavy atom. The van der Waals surface area contributed by atoms with Gasteiger partial charge in [-0.05, 0) is 30.3 Å². The quantitative estimate of drug-likeness (QED) is 0.387. The number of aliphatic imine (C=N–C) groups is 1. The third kappa shape index (κ3) is 2.94. The van der Waals surface area contributed by atoms with Crippen molar-refractivity contribution in [2.45, 2.75) is 0 Å². The molecule has 0 unspecified atom stereocenters. The molecule has 0 atom stereocenters. The molecule has 5 heteroatoms. The number of para-hydroxylation sites is 1. The number of nitrogens with two attached hydrogens (primary N) is 1. The van der Waals surface area contributed by atoms with Gasteiger partial charge >= 0.3 is 0 Å². The predicted molar refractivity (Wildman–Crippen MR) is 74.1 cm³/mol. The van der Waals surface area contributed by atoms with Crippen LogP contribution in [0.1, 0.15) is 5.56 Å². The fourth-order valence-corrected chi connectivity index (χ4v) is 1.82. The summed E-state index contributed by atoms with van der Waals surface area (Å²) in [5.41, 5.74) is 3.45. The second-order valence-corrected chi connectivity index (χ2v) is 4.48. The van der Waals surface area contributed by atoms with E-state index in [9.17, 15) is 4.39 Å². The lowest BCUT2D eigenvalue weighted by Gasteiger charge is -2.07. The van der Waals surface area contributed by atoms with E-state index in [2.05, 4.69) is 26.3 Å².